The summed E-state index contributed by atoms with van der Waals surface area (Å²) in [6, 6.07) is 3.53. The van der Waals surface area contributed by atoms with Crippen LogP contribution in [0, 0.1) is 10.5 Å². The van der Waals surface area contributed by atoms with Crippen molar-refractivity contribution in [3.05, 3.63) is 37.7 Å². The number of rotatable bonds is 5. The molecule has 3 rings (SSSR count). The second-order valence-corrected chi connectivity index (χ2v) is 8.89. The Hall–Kier alpha value is -2.22. The summed E-state index contributed by atoms with van der Waals surface area (Å²) in [5.74, 6) is 0.0243. The maximum Gasteiger partial charge on any atom is 0.436 e. The number of anilines is 1. The molecule has 33 heavy (non-hydrogen) atoms. The van der Waals surface area contributed by atoms with E-state index >= 15 is 0 Å². The number of carbonyl (C=O) groups is 2. The number of methoxy groups -OCH3 is 1. The molecule has 1 aliphatic rings. The summed E-state index contributed by atoms with van der Waals surface area (Å²) in [5, 5.41) is 5.61. The molecule has 2 amide bonds. The minimum atomic E-state index is -4.70. The highest BCUT2D eigenvalue weighted by atomic mass is 127. The predicted molar refractivity (Wildman–Crippen MR) is 125 cm³/mol. The lowest BCUT2D eigenvalue weighted by Gasteiger charge is -2.37. The minimum Gasteiger partial charge on any atom is -0.496 e. The van der Waals surface area contributed by atoms with Crippen LogP contribution in [0.25, 0.3) is 0 Å². The third-order valence-electron chi connectivity index (χ3n) is 5.40. The van der Waals surface area contributed by atoms with Crippen LogP contribution >= 0.6 is 34.2 Å². The van der Waals surface area contributed by atoms with Crippen molar-refractivity contribution in [3.8, 4) is 5.75 Å². The summed E-state index contributed by atoms with van der Waals surface area (Å²) in [6.45, 7) is 2.59. The Kier molecular flexibility index (Phi) is 7.66. The van der Waals surface area contributed by atoms with E-state index in [0.717, 1.165) is 8.25 Å². The van der Waals surface area contributed by atoms with Crippen LogP contribution in [-0.4, -0.2) is 66.8 Å². The lowest BCUT2D eigenvalue weighted by Crippen LogP contribution is -2.50. The molecule has 0 spiro atoms. The van der Waals surface area contributed by atoms with Gasteiger partial charge in [0.1, 0.15) is 12.3 Å². The van der Waals surface area contributed by atoms with E-state index in [1.165, 1.54) is 6.92 Å². The van der Waals surface area contributed by atoms with Crippen molar-refractivity contribution in [3.63, 3.8) is 0 Å². The molecule has 0 radical (unpaired) electrons. The molecule has 0 saturated carbocycles. The predicted octanol–water partition coefficient (Wildman–Crippen LogP) is 3.19. The van der Waals surface area contributed by atoms with E-state index < -0.39 is 16.9 Å². The van der Waals surface area contributed by atoms with Gasteiger partial charge < -0.3 is 19.9 Å². The maximum atomic E-state index is 13.0. The first kappa shape index (κ1) is 25.4. The molecule has 0 bridgehead atoms. The molecule has 1 aromatic carbocycles. The van der Waals surface area contributed by atoms with Gasteiger partial charge in [0.25, 0.3) is 5.91 Å². The average molecular weight is 600 g/mol. The third-order valence-corrected chi connectivity index (χ3v) is 6.70. The van der Waals surface area contributed by atoms with E-state index in [2.05, 4.69) is 33.0 Å². The van der Waals surface area contributed by atoms with Crippen molar-refractivity contribution >= 4 is 51.7 Å². The van der Waals surface area contributed by atoms with E-state index in [1.807, 2.05) is 4.90 Å². The van der Waals surface area contributed by atoms with Crippen molar-refractivity contribution < 1.29 is 27.5 Å². The summed E-state index contributed by atoms with van der Waals surface area (Å²) in [4.78, 5) is 28.7. The van der Waals surface area contributed by atoms with Gasteiger partial charge in [0.15, 0.2) is 5.69 Å². The van der Waals surface area contributed by atoms with E-state index in [1.54, 1.807) is 31.2 Å². The summed E-state index contributed by atoms with van der Waals surface area (Å²) < 4.78 is 46.3. The zero-order valence-corrected chi connectivity index (χ0v) is 21.0. The van der Waals surface area contributed by atoms with Crippen molar-refractivity contribution in [1.82, 2.24) is 20.0 Å². The summed E-state index contributed by atoms with van der Waals surface area (Å²) in [7, 11) is 3.10. The van der Waals surface area contributed by atoms with Crippen LogP contribution in [0.5, 0.6) is 5.75 Å². The Balaban J connectivity index is 1.73. The summed E-state index contributed by atoms with van der Waals surface area (Å²) >= 11 is 7.86. The fourth-order valence-electron chi connectivity index (χ4n) is 3.56. The van der Waals surface area contributed by atoms with E-state index in [-0.39, 0.29) is 24.1 Å². The fraction of sp³-hybridized carbons (Fsp3) is 0.450. The fourth-order valence-corrected chi connectivity index (χ4v) is 4.49. The van der Waals surface area contributed by atoms with Gasteiger partial charge >= 0.3 is 6.18 Å². The SMILES string of the molecule is CNC(=O)c1cc(I)c(OC)cc1N1CCN(C(=O)Cn2nc(C(F)(F)F)c(Cl)c2C)CC1. The number of alkyl halides is 3. The van der Waals surface area contributed by atoms with Gasteiger partial charge in [-0.1, -0.05) is 11.6 Å². The van der Waals surface area contributed by atoms with Gasteiger partial charge in [-0.2, -0.15) is 18.3 Å². The van der Waals surface area contributed by atoms with Gasteiger partial charge in [-0.05, 0) is 35.6 Å². The number of nitrogens with zero attached hydrogens (tertiary/aromatic N) is 4. The smallest absolute Gasteiger partial charge is 0.436 e. The highest BCUT2D eigenvalue weighted by Crippen LogP contribution is 2.35. The van der Waals surface area contributed by atoms with Crippen LogP contribution in [-0.2, 0) is 17.5 Å². The van der Waals surface area contributed by atoms with Crippen LogP contribution in [0.2, 0.25) is 5.02 Å². The third kappa shape index (κ3) is 5.31. The molecule has 2 aromatic rings. The first-order valence-electron chi connectivity index (χ1n) is 9.90. The number of piperazine rings is 1. The normalized spacial score (nSPS) is 14.4. The van der Waals surface area contributed by atoms with Gasteiger partial charge in [0.05, 0.1) is 32.6 Å². The number of nitrogens with one attached hydrogen (secondary N) is 1. The number of aromatic nitrogens is 2. The number of hydrogen-bond acceptors (Lipinski definition) is 5. The number of benzene rings is 1. The summed E-state index contributed by atoms with van der Waals surface area (Å²) in [6.07, 6.45) is -4.70. The molecule has 1 N–H and O–H groups in total. The number of ether oxygens (including phenoxy) is 1. The molecule has 1 saturated heterocycles. The monoisotopic (exact) mass is 599 g/mol. The van der Waals surface area contributed by atoms with Gasteiger partial charge in [0, 0.05) is 39.3 Å². The first-order valence-corrected chi connectivity index (χ1v) is 11.4. The molecule has 0 aliphatic carbocycles. The quantitative estimate of drug-likeness (QED) is 0.535. The van der Waals surface area contributed by atoms with Crippen molar-refractivity contribution in [2.75, 3.05) is 45.2 Å². The molecule has 2 heterocycles. The van der Waals surface area contributed by atoms with Gasteiger partial charge in [-0.15, -0.1) is 0 Å². The molecule has 1 aromatic heterocycles. The molecule has 0 atom stereocenters. The summed E-state index contributed by atoms with van der Waals surface area (Å²) in [5.41, 5.74) is 0.0538. The standard InChI is InChI=1S/C20H22ClF3IN5O3/c1-11-17(21)18(20(22,23)24)27-30(11)10-16(31)29-6-4-28(5-7-29)14-9-15(33-3)13(25)8-12(14)19(32)26-2/h8-9H,4-7,10H2,1-3H3,(H,26,32). The topological polar surface area (TPSA) is 79.7 Å². The highest BCUT2D eigenvalue weighted by Gasteiger charge is 2.38. The Morgan fingerprint density at radius 1 is 1.24 bits per heavy atom. The largest absolute Gasteiger partial charge is 0.496 e. The first-order chi connectivity index (χ1) is 15.5. The van der Waals surface area contributed by atoms with Crippen LogP contribution in [0.4, 0.5) is 18.9 Å². The van der Waals surface area contributed by atoms with Gasteiger partial charge in [0.2, 0.25) is 5.91 Å². The second-order valence-electron chi connectivity index (χ2n) is 7.35. The maximum absolute atomic E-state index is 13.0. The van der Waals surface area contributed by atoms with Crippen LogP contribution in [0.3, 0.4) is 0 Å². The molecule has 0 unspecified atom stereocenters. The van der Waals surface area contributed by atoms with Crippen LogP contribution in [0.15, 0.2) is 12.1 Å². The van der Waals surface area contributed by atoms with Gasteiger partial charge in [-0.3, -0.25) is 14.3 Å². The number of hydrogen-bond donors (Lipinski definition) is 1. The Morgan fingerprint density at radius 2 is 1.88 bits per heavy atom. The zero-order chi connectivity index (χ0) is 24.5. The van der Waals surface area contributed by atoms with Gasteiger partial charge in [-0.25, -0.2) is 0 Å². The lowest BCUT2D eigenvalue weighted by molar-refractivity contribution is -0.142. The zero-order valence-electron chi connectivity index (χ0n) is 18.1. The van der Waals surface area contributed by atoms with E-state index in [9.17, 15) is 22.8 Å². The Morgan fingerprint density at radius 3 is 2.39 bits per heavy atom. The molecular formula is C20H22ClF3IN5O3. The molecule has 180 valence electrons. The average Bonchev–Trinajstić information content (AvgIpc) is 3.07. The number of halogens is 5. The van der Waals surface area contributed by atoms with Crippen molar-refractivity contribution in [2.45, 2.75) is 19.6 Å². The lowest BCUT2D eigenvalue weighted by atomic mass is 10.1. The Bertz CT molecular complexity index is 1070. The molecule has 8 nitrogen and oxygen atoms in total. The minimum absolute atomic E-state index is 0.0807. The number of amides is 2. The second kappa shape index (κ2) is 9.95. The van der Waals surface area contributed by atoms with Crippen molar-refractivity contribution in [1.29, 1.82) is 0 Å². The van der Waals surface area contributed by atoms with Crippen LogP contribution in [0.1, 0.15) is 21.7 Å². The molecule has 1 aliphatic heterocycles. The number of carbonyl (C=O) groups excluding carboxylic acids is 2. The van der Waals surface area contributed by atoms with Crippen LogP contribution < -0.4 is 15.0 Å². The van der Waals surface area contributed by atoms with E-state index in [4.69, 9.17) is 16.3 Å². The molecule has 1 fully saturated rings. The molecular weight excluding hydrogens is 578 g/mol. The highest BCUT2D eigenvalue weighted by molar-refractivity contribution is 14.1. The Labute approximate surface area is 207 Å². The molecule has 13 heteroatoms. The van der Waals surface area contributed by atoms with Crippen molar-refractivity contribution in [2.24, 2.45) is 0 Å². The van der Waals surface area contributed by atoms with E-state index in [0.29, 0.717) is 43.2 Å².